The van der Waals surface area contributed by atoms with Crippen molar-refractivity contribution in [3.05, 3.63) is 35.4 Å². The zero-order chi connectivity index (χ0) is 15.6. The maximum atomic E-state index is 12.5. The minimum atomic E-state index is 0.350. The van der Waals surface area contributed by atoms with Crippen molar-refractivity contribution in [1.29, 1.82) is 0 Å². The zero-order valence-corrected chi connectivity index (χ0v) is 14.0. The quantitative estimate of drug-likeness (QED) is 0.838. The molecule has 3 nitrogen and oxygen atoms in total. The molecule has 1 aromatic rings. The molecule has 0 N–H and O–H groups in total. The molecule has 2 aliphatic carbocycles. The Bertz CT molecular complexity index is 567. The maximum Gasteiger partial charge on any atom is 0.225 e. The number of carbonyl (C=O) groups excluding carboxylic acids is 1. The average molecular weight is 312 g/mol. The summed E-state index contributed by atoms with van der Waals surface area (Å²) in [5.41, 5.74) is 3.08. The lowest BCUT2D eigenvalue weighted by Gasteiger charge is -2.35. The van der Waals surface area contributed by atoms with Gasteiger partial charge in [-0.2, -0.15) is 0 Å². The summed E-state index contributed by atoms with van der Waals surface area (Å²) in [5.74, 6) is 0.787. The highest BCUT2D eigenvalue weighted by atomic mass is 16.2. The normalized spacial score (nSPS) is 26.3. The molecule has 1 amide bonds. The number of fused-ring (bicyclic) bond motifs is 1. The zero-order valence-electron chi connectivity index (χ0n) is 14.0. The molecule has 3 heteroatoms. The van der Waals surface area contributed by atoms with Crippen LogP contribution in [0.25, 0.3) is 0 Å². The first-order valence-corrected chi connectivity index (χ1v) is 9.41. The molecule has 1 atom stereocenters. The summed E-state index contributed by atoms with van der Waals surface area (Å²) in [7, 11) is 0. The molecule has 0 aromatic heterocycles. The van der Waals surface area contributed by atoms with E-state index < -0.39 is 0 Å². The van der Waals surface area contributed by atoms with Gasteiger partial charge >= 0.3 is 0 Å². The van der Waals surface area contributed by atoms with Crippen molar-refractivity contribution in [1.82, 2.24) is 9.80 Å². The molecule has 124 valence electrons. The summed E-state index contributed by atoms with van der Waals surface area (Å²) in [5, 5.41) is 0. The largest absolute Gasteiger partial charge is 0.341 e. The highest BCUT2D eigenvalue weighted by Gasteiger charge is 2.32. The molecule has 23 heavy (non-hydrogen) atoms. The van der Waals surface area contributed by atoms with E-state index in [1.807, 2.05) is 0 Å². The van der Waals surface area contributed by atoms with Gasteiger partial charge in [-0.05, 0) is 49.7 Å². The third kappa shape index (κ3) is 3.16. The first-order valence-electron chi connectivity index (χ1n) is 9.41. The number of hydrogen-bond donors (Lipinski definition) is 0. The Morgan fingerprint density at radius 3 is 2.52 bits per heavy atom. The minimum Gasteiger partial charge on any atom is -0.341 e. The Balaban J connectivity index is 1.37. The van der Waals surface area contributed by atoms with Crippen LogP contribution in [0.5, 0.6) is 0 Å². The Labute approximate surface area is 139 Å². The van der Waals surface area contributed by atoms with Crippen molar-refractivity contribution in [2.75, 3.05) is 26.2 Å². The molecule has 1 aromatic carbocycles. The van der Waals surface area contributed by atoms with Gasteiger partial charge in [0.1, 0.15) is 0 Å². The van der Waals surface area contributed by atoms with Crippen molar-refractivity contribution < 1.29 is 4.79 Å². The lowest BCUT2D eigenvalue weighted by Crippen LogP contribution is -2.43. The third-order valence-electron chi connectivity index (χ3n) is 6.13. The number of carbonyl (C=O) groups is 1. The van der Waals surface area contributed by atoms with Crippen LogP contribution in [0.1, 0.15) is 43.2 Å². The molecule has 1 saturated heterocycles. The number of hydrogen-bond acceptors (Lipinski definition) is 2. The van der Waals surface area contributed by atoms with Gasteiger partial charge in [-0.25, -0.2) is 0 Å². The summed E-state index contributed by atoms with van der Waals surface area (Å²) in [6.45, 7) is 4.12. The fourth-order valence-electron chi connectivity index (χ4n) is 4.43. The number of amides is 1. The topological polar surface area (TPSA) is 23.6 Å². The molecular weight excluding hydrogens is 284 g/mol. The van der Waals surface area contributed by atoms with Crippen molar-refractivity contribution >= 4 is 5.91 Å². The first-order chi connectivity index (χ1) is 11.3. The van der Waals surface area contributed by atoms with Gasteiger partial charge in [0.25, 0.3) is 0 Å². The van der Waals surface area contributed by atoms with Gasteiger partial charge in [0.05, 0.1) is 0 Å². The van der Waals surface area contributed by atoms with Crippen molar-refractivity contribution in [3.63, 3.8) is 0 Å². The summed E-state index contributed by atoms with van der Waals surface area (Å²) >= 11 is 0. The highest BCUT2D eigenvalue weighted by molar-refractivity contribution is 5.79. The summed E-state index contributed by atoms with van der Waals surface area (Å²) in [4.78, 5) is 17.3. The van der Waals surface area contributed by atoms with Crippen molar-refractivity contribution in [3.8, 4) is 0 Å². The second-order valence-corrected chi connectivity index (χ2v) is 7.51. The SMILES string of the molecule is O=C(C1CCC1)N1CCCN(C2CCc3ccccc3C2)CC1. The van der Waals surface area contributed by atoms with E-state index in [1.165, 1.54) is 31.2 Å². The lowest BCUT2D eigenvalue weighted by atomic mass is 9.84. The fourth-order valence-corrected chi connectivity index (χ4v) is 4.43. The monoisotopic (exact) mass is 312 g/mol. The standard InChI is InChI=1S/C20H28N2O/c23-20(17-7-3-8-17)22-12-4-11-21(13-14-22)19-10-9-16-5-1-2-6-18(16)15-19/h1-2,5-6,17,19H,3-4,7-15H2. The van der Waals surface area contributed by atoms with Gasteiger partial charge in [-0.3, -0.25) is 9.69 Å². The number of aryl methyl sites for hydroxylation is 1. The molecule has 1 saturated carbocycles. The average Bonchev–Trinajstić information content (AvgIpc) is 2.79. The molecule has 1 unspecified atom stereocenters. The molecular formula is C20H28N2O. The van der Waals surface area contributed by atoms with E-state index in [2.05, 4.69) is 34.1 Å². The van der Waals surface area contributed by atoms with Crippen molar-refractivity contribution in [2.24, 2.45) is 5.92 Å². The van der Waals surface area contributed by atoms with Gasteiger partial charge in [0.15, 0.2) is 0 Å². The van der Waals surface area contributed by atoms with Gasteiger partial charge in [0.2, 0.25) is 5.91 Å². The summed E-state index contributed by atoms with van der Waals surface area (Å²) in [6, 6.07) is 9.58. The Morgan fingerprint density at radius 1 is 0.913 bits per heavy atom. The fraction of sp³-hybridized carbons (Fsp3) is 0.650. The first kappa shape index (κ1) is 15.2. The van der Waals surface area contributed by atoms with Crippen molar-refractivity contribution in [2.45, 2.75) is 51.0 Å². The van der Waals surface area contributed by atoms with E-state index in [0.717, 1.165) is 45.4 Å². The van der Waals surface area contributed by atoms with Gasteiger partial charge in [0, 0.05) is 38.1 Å². The summed E-state index contributed by atoms with van der Waals surface area (Å²) < 4.78 is 0. The molecule has 3 aliphatic rings. The number of rotatable bonds is 2. The van der Waals surface area contributed by atoms with Gasteiger partial charge < -0.3 is 4.90 Å². The van der Waals surface area contributed by atoms with Crippen LogP contribution in [0.3, 0.4) is 0 Å². The Hall–Kier alpha value is -1.35. The molecule has 2 fully saturated rings. The Kier molecular flexibility index (Phi) is 4.39. The molecule has 0 bridgehead atoms. The second kappa shape index (κ2) is 6.64. The van der Waals surface area contributed by atoms with Crippen LogP contribution in [0.4, 0.5) is 0 Å². The summed E-state index contributed by atoms with van der Waals surface area (Å²) in [6.07, 6.45) is 8.30. The smallest absolute Gasteiger partial charge is 0.225 e. The molecule has 1 aliphatic heterocycles. The van der Waals surface area contributed by atoms with Crippen LogP contribution < -0.4 is 0 Å². The van der Waals surface area contributed by atoms with E-state index in [-0.39, 0.29) is 0 Å². The van der Waals surface area contributed by atoms with Crippen LogP contribution >= 0.6 is 0 Å². The van der Waals surface area contributed by atoms with E-state index in [4.69, 9.17) is 0 Å². The van der Waals surface area contributed by atoms with E-state index in [1.54, 1.807) is 5.56 Å². The van der Waals surface area contributed by atoms with Crippen LogP contribution in [0.2, 0.25) is 0 Å². The van der Waals surface area contributed by atoms with E-state index in [0.29, 0.717) is 17.9 Å². The van der Waals surface area contributed by atoms with E-state index in [9.17, 15) is 4.79 Å². The lowest BCUT2D eigenvalue weighted by molar-refractivity contribution is -0.138. The van der Waals surface area contributed by atoms with Crippen LogP contribution in [0, 0.1) is 5.92 Å². The predicted molar refractivity (Wildman–Crippen MR) is 92.4 cm³/mol. The Morgan fingerprint density at radius 2 is 1.74 bits per heavy atom. The molecule has 4 rings (SSSR count). The van der Waals surface area contributed by atoms with Gasteiger partial charge in [-0.15, -0.1) is 0 Å². The predicted octanol–water partition coefficient (Wildman–Crippen LogP) is 2.88. The minimum absolute atomic E-state index is 0.350. The molecule has 0 spiro atoms. The highest BCUT2D eigenvalue weighted by Crippen LogP contribution is 2.29. The molecule has 0 radical (unpaired) electrons. The number of nitrogens with zero attached hydrogens (tertiary/aromatic N) is 2. The number of benzene rings is 1. The molecule has 1 heterocycles. The van der Waals surface area contributed by atoms with E-state index >= 15 is 0 Å². The van der Waals surface area contributed by atoms with Crippen LogP contribution in [0.15, 0.2) is 24.3 Å². The second-order valence-electron chi connectivity index (χ2n) is 7.51. The maximum absolute atomic E-state index is 12.5. The third-order valence-corrected chi connectivity index (χ3v) is 6.13. The van der Waals surface area contributed by atoms with Gasteiger partial charge in [-0.1, -0.05) is 30.7 Å². The van der Waals surface area contributed by atoms with Crippen LogP contribution in [-0.2, 0) is 17.6 Å². The van der Waals surface area contributed by atoms with Crippen LogP contribution in [-0.4, -0.2) is 47.9 Å².